The third kappa shape index (κ3) is 1.75. The Bertz CT molecular complexity index is 280. The van der Waals surface area contributed by atoms with Crippen LogP contribution in [0, 0.1) is 5.82 Å². The van der Waals surface area contributed by atoms with Crippen LogP contribution in [0.25, 0.3) is 0 Å². The van der Waals surface area contributed by atoms with Crippen LogP contribution in [0.5, 0.6) is 0 Å². The van der Waals surface area contributed by atoms with Crippen molar-refractivity contribution in [2.45, 2.75) is 0 Å². The van der Waals surface area contributed by atoms with Gasteiger partial charge in [0.25, 0.3) is 0 Å². The minimum absolute atomic E-state index is 0.251. The second-order valence-corrected chi connectivity index (χ2v) is 2.36. The third-order valence-corrected chi connectivity index (χ3v) is 1.56. The Balaban J connectivity index is 3.05. The number of hydrogen-bond donors (Lipinski definition) is 3. The molecule has 0 fully saturated rings. The first-order valence-electron chi connectivity index (χ1n) is 3.48. The van der Waals surface area contributed by atoms with Crippen LogP contribution in [0.2, 0.25) is 0 Å². The Morgan fingerprint density at radius 1 is 1.42 bits per heavy atom. The maximum absolute atomic E-state index is 12.8. The molecule has 0 bridgehead atoms. The minimum Gasteiger partial charge on any atom is -0.423 e. The van der Waals surface area contributed by atoms with Gasteiger partial charge in [0.05, 0.1) is 5.69 Å². The number of halogens is 1. The zero-order chi connectivity index (χ0) is 9.14. The molecule has 0 saturated carbocycles. The third-order valence-electron chi connectivity index (χ3n) is 1.56. The number of rotatable bonds is 2. The van der Waals surface area contributed by atoms with Crippen molar-refractivity contribution in [2.24, 2.45) is 0 Å². The van der Waals surface area contributed by atoms with Crippen LogP contribution in [0.15, 0.2) is 18.2 Å². The second kappa shape index (κ2) is 3.56. The maximum atomic E-state index is 12.8. The Hall–Kier alpha value is -1.07. The molecular formula is C7H9BFNO2. The average Bonchev–Trinajstić information content (AvgIpc) is 2.05. The predicted molar refractivity (Wildman–Crippen MR) is 45.8 cm³/mol. The van der Waals surface area contributed by atoms with Crippen molar-refractivity contribution in [3.05, 3.63) is 24.0 Å². The average molecular weight is 169 g/mol. The van der Waals surface area contributed by atoms with Crippen molar-refractivity contribution in [3.8, 4) is 0 Å². The first-order chi connectivity index (χ1) is 5.65. The van der Waals surface area contributed by atoms with Gasteiger partial charge >= 0.3 is 7.12 Å². The summed E-state index contributed by atoms with van der Waals surface area (Å²) in [5.74, 6) is -0.415. The highest BCUT2D eigenvalue weighted by Gasteiger charge is 2.12. The minimum atomic E-state index is -1.56. The van der Waals surface area contributed by atoms with Crippen LogP contribution in [0.4, 0.5) is 10.1 Å². The molecule has 0 spiro atoms. The Kier molecular flexibility index (Phi) is 2.67. The van der Waals surface area contributed by atoms with E-state index in [4.69, 9.17) is 10.0 Å². The smallest absolute Gasteiger partial charge is 0.423 e. The fraction of sp³-hybridized carbons (Fsp3) is 0.143. The standard InChI is InChI=1S/C7H9BFNO2/c1-10-7-4-5(8(11)12)2-3-6(7)9/h2-4,10-12H,1H3. The lowest BCUT2D eigenvalue weighted by atomic mass is 9.80. The zero-order valence-electron chi connectivity index (χ0n) is 6.58. The van der Waals surface area contributed by atoms with Gasteiger partial charge in [-0.15, -0.1) is 0 Å². The van der Waals surface area contributed by atoms with Gasteiger partial charge in [0.1, 0.15) is 5.82 Å². The fourth-order valence-electron chi connectivity index (χ4n) is 0.895. The summed E-state index contributed by atoms with van der Waals surface area (Å²) >= 11 is 0. The Morgan fingerprint density at radius 3 is 2.58 bits per heavy atom. The van der Waals surface area contributed by atoms with Crippen LogP contribution in [0.3, 0.4) is 0 Å². The largest absolute Gasteiger partial charge is 0.488 e. The summed E-state index contributed by atoms with van der Waals surface area (Å²) in [5, 5.41) is 20.1. The first kappa shape index (κ1) is 9.03. The van der Waals surface area contributed by atoms with Crippen LogP contribution in [-0.4, -0.2) is 24.2 Å². The van der Waals surface area contributed by atoms with E-state index in [1.165, 1.54) is 18.2 Å². The van der Waals surface area contributed by atoms with E-state index >= 15 is 0 Å². The van der Waals surface area contributed by atoms with Gasteiger partial charge in [-0.1, -0.05) is 6.07 Å². The topological polar surface area (TPSA) is 52.5 Å². The number of anilines is 1. The van der Waals surface area contributed by atoms with Crippen molar-refractivity contribution < 1.29 is 14.4 Å². The van der Waals surface area contributed by atoms with Crippen molar-refractivity contribution in [1.82, 2.24) is 0 Å². The highest BCUT2D eigenvalue weighted by atomic mass is 19.1. The van der Waals surface area contributed by atoms with Gasteiger partial charge < -0.3 is 15.4 Å². The molecule has 0 aliphatic heterocycles. The molecule has 0 radical (unpaired) electrons. The highest BCUT2D eigenvalue weighted by Crippen LogP contribution is 2.09. The van der Waals surface area contributed by atoms with Crippen molar-refractivity contribution in [3.63, 3.8) is 0 Å². The van der Waals surface area contributed by atoms with Gasteiger partial charge in [-0.25, -0.2) is 4.39 Å². The van der Waals surface area contributed by atoms with E-state index in [0.717, 1.165) is 0 Å². The number of benzene rings is 1. The lowest BCUT2D eigenvalue weighted by molar-refractivity contribution is 0.425. The van der Waals surface area contributed by atoms with E-state index in [0.29, 0.717) is 0 Å². The second-order valence-electron chi connectivity index (χ2n) is 2.36. The summed E-state index contributed by atoms with van der Waals surface area (Å²) in [4.78, 5) is 0. The van der Waals surface area contributed by atoms with Gasteiger partial charge in [0.2, 0.25) is 0 Å². The molecule has 0 aliphatic carbocycles. The van der Waals surface area contributed by atoms with Crippen molar-refractivity contribution >= 4 is 18.3 Å². The molecule has 3 N–H and O–H groups in total. The molecule has 12 heavy (non-hydrogen) atoms. The van der Waals surface area contributed by atoms with Gasteiger partial charge in [-0.2, -0.15) is 0 Å². The molecular weight excluding hydrogens is 160 g/mol. The summed E-state index contributed by atoms with van der Waals surface area (Å²) in [6.45, 7) is 0. The van der Waals surface area contributed by atoms with Gasteiger partial charge in [0.15, 0.2) is 0 Å². The Labute approximate surface area is 70.0 Å². The summed E-state index contributed by atoms with van der Waals surface area (Å²) in [6, 6.07) is 3.85. The number of nitrogens with one attached hydrogen (secondary N) is 1. The van der Waals surface area contributed by atoms with Gasteiger partial charge in [0, 0.05) is 7.05 Å². The molecule has 0 saturated heterocycles. The molecule has 0 aliphatic rings. The maximum Gasteiger partial charge on any atom is 0.488 e. The molecule has 64 valence electrons. The van der Waals surface area contributed by atoms with E-state index in [9.17, 15) is 4.39 Å². The normalized spacial score (nSPS) is 9.67. The van der Waals surface area contributed by atoms with E-state index in [1.807, 2.05) is 0 Å². The molecule has 0 heterocycles. The van der Waals surface area contributed by atoms with E-state index in [-0.39, 0.29) is 11.2 Å². The van der Waals surface area contributed by atoms with E-state index in [2.05, 4.69) is 5.32 Å². The zero-order valence-corrected chi connectivity index (χ0v) is 6.58. The Morgan fingerprint density at radius 2 is 2.08 bits per heavy atom. The SMILES string of the molecule is CNc1cc(B(O)O)ccc1F. The van der Waals surface area contributed by atoms with Crippen LogP contribution < -0.4 is 10.8 Å². The molecule has 1 aromatic rings. The molecule has 1 rings (SSSR count). The van der Waals surface area contributed by atoms with Crippen LogP contribution >= 0.6 is 0 Å². The summed E-state index contributed by atoms with van der Waals surface area (Å²) < 4.78 is 12.8. The number of hydrogen-bond acceptors (Lipinski definition) is 3. The van der Waals surface area contributed by atoms with E-state index < -0.39 is 12.9 Å². The molecule has 0 unspecified atom stereocenters. The molecule has 0 aromatic heterocycles. The van der Waals surface area contributed by atoms with Gasteiger partial charge in [-0.05, 0) is 17.6 Å². The first-order valence-corrected chi connectivity index (χ1v) is 3.48. The monoisotopic (exact) mass is 169 g/mol. The highest BCUT2D eigenvalue weighted by molar-refractivity contribution is 6.58. The summed E-state index contributed by atoms with van der Waals surface area (Å²) in [6.07, 6.45) is 0. The molecule has 1 aromatic carbocycles. The fourth-order valence-corrected chi connectivity index (χ4v) is 0.895. The van der Waals surface area contributed by atoms with Crippen LogP contribution in [0.1, 0.15) is 0 Å². The van der Waals surface area contributed by atoms with Gasteiger partial charge in [-0.3, -0.25) is 0 Å². The van der Waals surface area contributed by atoms with Crippen molar-refractivity contribution in [1.29, 1.82) is 0 Å². The van der Waals surface area contributed by atoms with Crippen LogP contribution in [-0.2, 0) is 0 Å². The quantitative estimate of drug-likeness (QED) is 0.525. The lowest BCUT2D eigenvalue weighted by Gasteiger charge is -2.04. The van der Waals surface area contributed by atoms with Crippen molar-refractivity contribution in [2.75, 3.05) is 12.4 Å². The predicted octanol–water partition coefficient (Wildman–Crippen LogP) is -0.453. The molecule has 0 atom stereocenters. The molecule has 5 heteroatoms. The summed E-state index contributed by atoms with van der Waals surface area (Å²) in [7, 11) is 0.00377. The molecule has 3 nitrogen and oxygen atoms in total. The molecule has 0 amide bonds. The van der Waals surface area contributed by atoms with E-state index in [1.54, 1.807) is 7.05 Å². The summed E-state index contributed by atoms with van der Waals surface area (Å²) in [5.41, 5.74) is 0.515. The lowest BCUT2D eigenvalue weighted by Crippen LogP contribution is -2.29.